The Bertz CT molecular complexity index is 90.6. The Kier molecular flexibility index (Phi) is 10.5. The minimum Gasteiger partial charge on any atom is -0.304 e. The average Bonchev–Trinajstić information content (AvgIpc) is 2.11. The number of hydrogen-bond donors (Lipinski definition) is 0. The summed E-state index contributed by atoms with van der Waals surface area (Å²) < 4.78 is 0. The molecular weight excluding hydrogens is 234 g/mol. The maximum atomic E-state index is 3.46. The van der Waals surface area contributed by atoms with Gasteiger partial charge in [0.05, 0.1) is 0 Å². The first kappa shape index (κ1) is 12.8. The van der Waals surface area contributed by atoms with Crippen LogP contribution in [0.15, 0.2) is 0 Å². The van der Waals surface area contributed by atoms with Crippen LogP contribution in [0.1, 0.15) is 19.8 Å². The molecule has 0 aliphatic carbocycles. The van der Waals surface area contributed by atoms with E-state index < -0.39 is 0 Å². The fourth-order valence-electron chi connectivity index (χ4n) is 1.14. The lowest BCUT2D eigenvalue weighted by Crippen LogP contribution is -2.26. The topological polar surface area (TPSA) is 3.24 Å². The van der Waals surface area contributed by atoms with Crippen LogP contribution in [0.25, 0.3) is 0 Å². The van der Waals surface area contributed by atoms with E-state index in [4.69, 9.17) is 0 Å². The Morgan fingerprint density at radius 2 is 1.92 bits per heavy atom. The van der Waals surface area contributed by atoms with Gasteiger partial charge in [0.2, 0.25) is 0 Å². The maximum Gasteiger partial charge on any atom is 0.00434 e. The first-order valence-corrected chi connectivity index (χ1v) is 7.14. The van der Waals surface area contributed by atoms with Crippen molar-refractivity contribution in [2.75, 3.05) is 37.0 Å². The van der Waals surface area contributed by atoms with Crippen molar-refractivity contribution in [1.29, 1.82) is 0 Å². The second kappa shape index (κ2) is 9.87. The van der Waals surface area contributed by atoms with Crippen molar-refractivity contribution in [2.45, 2.75) is 19.8 Å². The molecule has 0 atom stereocenters. The van der Waals surface area contributed by atoms with Gasteiger partial charge in [0.25, 0.3) is 0 Å². The van der Waals surface area contributed by atoms with Crippen molar-refractivity contribution < 1.29 is 0 Å². The van der Waals surface area contributed by atoms with E-state index in [1.807, 2.05) is 11.8 Å². The van der Waals surface area contributed by atoms with E-state index in [-0.39, 0.29) is 0 Å². The van der Waals surface area contributed by atoms with Crippen molar-refractivity contribution in [3.63, 3.8) is 0 Å². The summed E-state index contributed by atoms with van der Waals surface area (Å²) in [6.07, 6.45) is 4.78. The van der Waals surface area contributed by atoms with Gasteiger partial charge in [-0.3, -0.25) is 0 Å². The number of hydrogen-bond acceptors (Lipinski definition) is 2. The van der Waals surface area contributed by atoms with E-state index in [9.17, 15) is 0 Å². The second-order valence-electron chi connectivity index (χ2n) is 2.82. The first-order chi connectivity index (χ1) is 5.85. The molecule has 1 nitrogen and oxygen atoms in total. The second-order valence-corrected chi connectivity index (χ2v) is 4.60. The monoisotopic (exact) mass is 253 g/mol. The third-order valence-electron chi connectivity index (χ3n) is 1.88. The van der Waals surface area contributed by atoms with Gasteiger partial charge >= 0.3 is 0 Å². The molecule has 0 saturated heterocycles. The van der Waals surface area contributed by atoms with Crippen LogP contribution in [0, 0.1) is 0 Å². The molecule has 0 saturated carbocycles. The van der Waals surface area contributed by atoms with Crippen LogP contribution in [-0.2, 0) is 0 Å². The van der Waals surface area contributed by atoms with Crippen molar-refractivity contribution in [1.82, 2.24) is 4.90 Å². The van der Waals surface area contributed by atoms with Crippen LogP contribution < -0.4 is 0 Å². The van der Waals surface area contributed by atoms with Gasteiger partial charge in [-0.25, -0.2) is 0 Å². The highest BCUT2D eigenvalue weighted by Gasteiger charge is 1.99. The number of nitrogens with zero attached hydrogens (tertiary/aromatic N) is 1. The van der Waals surface area contributed by atoms with E-state index >= 15 is 0 Å². The van der Waals surface area contributed by atoms with Gasteiger partial charge in [0, 0.05) is 5.33 Å². The summed E-state index contributed by atoms with van der Waals surface area (Å²) in [6, 6.07) is 0. The summed E-state index contributed by atoms with van der Waals surface area (Å²) in [5.41, 5.74) is 0. The molecule has 0 amide bonds. The average molecular weight is 254 g/mol. The molecule has 0 spiro atoms. The molecule has 0 N–H and O–H groups in total. The van der Waals surface area contributed by atoms with Crippen molar-refractivity contribution in [2.24, 2.45) is 0 Å². The summed E-state index contributed by atoms with van der Waals surface area (Å²) in [7, 11) is 0. The Hall–Kier alpha value is 0.790. The zero-order valence-electron chi connectivity index (χ0n) is 8.18. The summed E-state index contributed by atoms with van der Waals surface area (Å²) in [5.74, 6) is 1.30. The molecule has 0 unspecified atom stereocenters. The normalized spacial score (nSPS) is 11.0. The standard InChI is InChI=1S/C9H20BrNS/c1-3-11(7-4-6-10)8-5-9-12-2/h3-9H2,1-2H3. The molecule has 0 fully saturated rings. The van der Waals surface area contributed by atoms with Gasteiger partial charge in [0.15, 0.2) is 0 Å². The number of thioether (sulfide) groups is 1. The predicted molar refractivity (Wildman–Crippen MR) is 63.5 cm³/mol. The molecule has 74 valence electrons. The third-order valence-corrected chi connectivity index (χ3v) is 3.14. The van der Waals surface area contributed by atoms with Gasteiger partial charge in [-0.05, 0) is 44.5 Å². The number of rotatable bonds is 8. The minimum absolute atomic E-state index is 1.13. The summed E-state index contributed by atoms with van der Waals surface area (Å²) >= 11 is 5.40. The fourth-order valence-corrected chi connectivity index (χ4v) is 1.81. The van der Waals surface area contributed by atoms with E-state index in [1.165, 1.54) is 38.2 Å². The zero-order chi connectivity index (χ0) is 9.23. The van der Waals surface area contributed by atoms with E-state index in [1.54, 1.807) is 0 Å². The highest BCUT2D eigenvalue weighted by molar-refractivity contribution is 9.09. The lowest BCUT2D eigenvalue weighted by atomic mass is 10.3. The molecule has 0 aromatic rings. The number of alkyl halides is 1. The molecule has 0 aromatic carbocycles. The lowest BCUT2D eigenvalue weighted by molar-refractivity contribution is 0.291. The molecule has 3 heteroatoms. The summed E-state index contributed by atoms with van der Waals surface area (Å²) in [4.78, 5) is 2.53. The van der Waals surface area contributed by atoms with Gasteiger partial charge in [0.1, 0.15) is 0 Å². The van der Waals surface area contributed by atoms with Crippen molar-refractivity contribution in [3.8, 4) is 0 Å². The molecule has 0 aromatic heterocycles. The Morgan fingerprint density at radius 3 is 2.42 bits per heavy atom. The highest BCUT2D eigenvalue weighted by atomic mass is 79.9. The van der Waals surface area contributed by atoms with Crippen LogP contribution >= 0.6 is 27.7 Å². The first-order valence-electron chi connectivity index (χ1n) is 4.62. The molecule has 0 bridgehead atoms. The minimum atomic E-state index is 1.13. The van der Waals surface area contributed by atoms with Gasteiger partial charge in [-0.2, -0.15) is 11.8 Å². The SMILES string of the molecule is CCN(CCCBr)CCCSC. The van der Waals surface area contributed by atoms with E-state index in [0.29, 0.717) is 0 Å². The molecule has 0 heterocycles. The molecule has 0 rings (SSSR count). The molecular formula is C9H20BrNS. The van der Waals surface area contributed by atoms with Gasteiger partial charge in [-0.15, -0.1) is 0 Å². The maximum absolute atomic E-state index is 3.46. The number of halogens is 1. The van der Waals surface area contributed by atoms with Crippen molar-refractivity contribution in [3.05, 3.63) is 0 Å². The highest BCUT2D eigenvalue weighted by Crippen LogP contribution is 2.00. The summed E-state index contributed by atoms with van der Waals surface area (Å²) in [6.45, 7) is 5.95. The van der Waals surface area contributed by atoms with Crippen molar-refractivity contribution >= 4 is 27.7 Å². The van der Waals surface area contributed by atoms with Gasteiger partial charge < -0.3 is 4.90 Å². The Labute approximate surface area is 89.4 Å². The van der Waals surface area contributed by atoms with Crippen LogP contribution in [0.5, 0.6) is 0 Å². The fraction of sp³-hybridized carbons (Fsp3) is 1.00. The van der Waals surface area contributed by atoms with E-state index in [2.05, 4.69) is 34.0 Å². The lowest BCUT2D eigenvalue weighted by Gasteiger charge is -2.19. The molecule has 0 radical (unpaired) electrons. The molecule has 0 aliphatic rings. The summed E-state index contributed by atoms with van der Waals surface area (Å²) in [5, 5.41) is 1.13. The Balaban J connectivity index is 3.26. The zero-order valence-corrected chi connectivity index (χ0v) is 10.6. The smallest absolute Gasteiger partial charge is 0.00434 e. The molecule has 12 heavy (non-hydrogen) atoms. The van der Waals surface area contributed by atoms with Crippen LogP contribution in [-0.4, -0.2) is 41.9 Å². The van der Waals surface area contributed by atoms with Gasteiger partial charge in [-0.1, -0.05) is 22.9 Å². The largest absolute Gasteiger partial charge is 0.304 e. The third kappa shape index (κ3) is 7.44. The van der Waals surface area contributed by atoms with E-state index in [0.717, 1.165) is 5.33 Å². The van der Waals surface area contributed by atoms with Crippen LogP contribution in [0.2, 0.25) is 0 Å². The van der Waals surface area contributed by atoms with Crippen LogP contribution in [0.3, 0.4) is 0 Å². The Morgan fingerprint density at radius 1 is 1.25 bits per heavy atom. The predicted octanol–water partition coefficient (Wildman–Crippen LogP) is 2.85. The van der Waals surface area contributed by atoms with Crippen LogP contribution in [0.4, 0.5) is 0 Å². The molecule has 0 aliphatic heterocycles. The quantitative estimate of drug-likeness (QED) is 0.484.